The number of carbonyl (C=O) groups excluding carboxylic acids is 1. The van der Waals surface area contributed by atoms with Crippen molar-refractivity contribution in [3.8, 4) is 5.88 Å². The summed E-state index contributed by atoms with van der Waals surface area (Å²) in [4.78, 5) is 16.0. The van der Waals surface area contributed by atoms with Crippen molar-refractivity contribution in [2.75, 3.05) is 26.2 Å². The van der Waals surface area contributed by atoms with Gasteiger partial charge in [0.2, 0.25) is 17.7 Å². The number of nitrogens with one attached hydrogen (secondary N) is 3. The fraction of sp³-hybridized carbons (Fsp3) is 0.300. The van der Waals surface area contributed by atoms with Gasteiger partial charge in [-0.25, -0.2) is 4.98 Å². The number of hydrogen-bond donors (Lipinski definition) is 3. The van der Waals surface area contributed by atoms with Crippen LogP contribution in [-0.2, 0) is 4.79 Å². The monoisotopic (exact) mass is 567 g/mol. The number of nitrogens with zero attached hydrogens (tertiary/aromatic N) is 2. The van der Waals surface area contributed by atoms with Gasteiger partial charge in [0, 0.05) is 36.8 Å². The maximum Gasteiger partial charge on any atom is 0.393 e. The lowest BCUT2D eigenvalue weighted by atomic mass is 9.88. The highest BCUT2D eigenvalue weighted by Crippen LogP contribution is 2.40. The number of halogens is 4. The molecule has 2 aromatic heterocycles. The molecule has 1 aliphatic heterocycles. The molecular weight excluding hydrogens is 538 g/mol. The first-order valence-corrected chi connectivity index (χ1v) is 13.4. The zero-order valence-corrected chi connectivity index (χ0v) is 22.1. The summed E-state index contributed by atoms with van der Waals surface area (Å²) < 4.78 is 61.7. The van der Waals surface area contributed by atoms with Crippen LogP contribution in [0, 0.1) is 11.9 Å². The molecule has 0 radical (unpaired) electrons. The minimum atomic E-state index is -4.49. The number of hydrogen-bond acceptors (Lipinski definition) is 5. The van der Waals surface area contributed by atoms with E-state index in [0.717, 1.165) is 19.4 Å². The van der Waals surface area contributed by atoms with Crippen molar-refractivity contribution >= 4 is 28.0 Å². The average molecular weight is 568 g/mol. The molecule has 3 heterocycles. The molecule has 1 fully saturated rings. The second kappa shape index (κ2) is 12.5. The van der Waals surface area contributed by atoms with Crippen LogP contribution in [0.4, 0.5) is 17.6 Å². The number of rotatable bonds is 11. The lowest BCUT2D eigenvalue weighted by Gasteiger charge is -2.19. The minimum Gasteiger partial charge on any atom is -0.476 e. The summed E-state index contributed by atoms with van der Waals surface area (Å²) in [6, 6.07) is 16.3. The van der Waals surface area contributed by atoms with Crippen molar-refractivity contribution in [3.63, 3.8) is 0 Å². The molecule has 1 amide bonds. The van der Waals surface area contributed by atoms with Crippen molar-refractivity contribution in [3.05, 3.63) is 89.5 Å². The van der Waals surface area contributed by atoms with E-state index in [4.69, 9.17) is 4.74 Å². The van der Waals surface area contributed by atoms with Crippen molar-refractivity contribution in [2.45, 2.75) is 25.4 Å². The number of aromatic nitrogens is 3. The van der Waals surface area contributed by atoms with Gasteiger partial charge in [-0.15, -0.1) is 5.10 Å². The van der Waals surface area contributed by atoms with Gasteiger partial charge >= 0.3 is 6.18 Å². The van der Waals surface area contributed by atoms with E-state index in [1.807, 2.05) is 0 Å². The Kier molecular flexibility index (Phi) is 8.63. The molecule has 1 unspecified atom stereocenters. The fourth-order valence-corrected chi connectivity index (χ4v) is 4.99. The van der Waals surface area contributed by atoms with Gasteiger partial charge < -0.3 is 15.4 Å². The lowest BCUT2D eigenvalue weighted by Crippen LogP contribution is -2.26. The molecule has 0 spiro atoms. The minimum absolute atomic E-state index is 0.0389. The maximum absolute atomic E-state index is 14.3. The number of aromatic amines is 1. The number of ether oxygens (including phenoxy) is 1. The first-order chi connectivity index (χ1) is 19.8. The summed E-state index contributed by atoms with van der Waals surface area (Å²) in [7, 11) is 0. The van der Waals surface area contributed by atoms with Crippen LogP contribution in [-0.4, -0.2) is 53.5 Å². The van der Waals surface area contributed by atoms with Crippen LogP contribution in [0.2, 0.25) is 0 Å². The molecule has 11 heteroatoms. The molecule has 1 aliphatic rings. The van der Waals surface area contributed by atoms with Crippen LogP contribution in [0.15, 0.2) is 66.9 Å². The van der Waals surface area contributed by atoms with Gasteiger partial charge in [-0.05, 0) is 59.9 Å². The molecule has 41 heavy (non-hydrogen) atoms. The summed E-state index contributed by atoms with van der Waals surface area (Å²) in [6.07, 6.45) is -2.61. The largest absolute Gasteiger partial charge is 0.476 e. The number of benzene rings is 2. The van der Waals surface area contributed by atoms with Crippen LogP contribution in [0.25, 0.3) is 22.0 Å². The Morgan fingerprint density at radius 3 is 2.54 bits per heavy atom. The van der Waals surface area contributed by atoms with Crippen molar-refractivity contribution in [2.24, 2.45) is 5.92 Å². The normalized spacial score (nSPS) is 16.1. The number of amides is 1. The third-order valence-electron chi connectivity index (χ3n) is 6.99. The van der Waals surface area contributed by atoms with Crippen LogP contribution < -0.4 is 15.4 Å². The van der Waals surface area contributed by atoms with E-state index in [2.05, 4.69) is 25.8 Å². The molecule has 0 saturated carbocycles. The van der Waals surface area contributed by atoms with E-state index < -0.39 is 18.5 Å². The molecular formula is C30H29F4N5O2. The third-order valence-corrected chi connectivity index (χ3v) is 6.99. The Hall–Kier alpha value is -4.25. The first-order valence-electron chi connectivity index (χ1n) is 13.4. The van der Waals surface area contributed by atoms with Gasteiger partial charge in [-0.1, -0.05) is 36.4 Å². The highest BCUT2D eigenvalue weighted by Gasteiger charge is 2.32. The van der Waals surface area contributed by atoms with E-state index in [-0.39, 0.29) is 28.4 Å². The highest BCUT2D eigenvalue weighted by molar-refractivity contribution is 6.00. The predicted octanol–water partition coefficient (Wildman–Crippen LogP) is 5.50. The zero-order chi connectivity index (χ0) is 28.8. The lowest BCUT2D eigenvalue weighted by molar-refractivity contribution is -0.123. The molecule has 0 bridgehead atoms. The van der Waals surface area contributed by atoms with Gasteiger partial charge in [0.25, 0.3) is 0 Å². The third kappa shape index (κ3) is 7.10. The van der Waals surface area contributed by atoms with E-state index in [9.17, 15) is 22.4 Å². The summed E-state index contributed by atoms with van der Waals surface area (Å²) >= 11 is 0. The molecule has 7 nitrogen and oxygen atoms in total. The predicted molar refractivity (Wildman–Crippen MR) is 147 cm³/mol. The SMILES string of the molecule is O=C1NCCC1CCNCCOc1ccc(/C(=C(/CC(F)(F)F)c2ccccc2)c2ccc3[nH]nc(F)c3c2)cn1. The van der Waals surface area contributed by atoms with E-state index in [1.54, 1.807) is 54.6 Å². The Morgan fingerprint density at radius 2 is 1.83 bits per heavy atom. The van der Waals surface area contributed by atoms with E-state index in [0.29, 0.717) is 47.8 Å². The van der Waals surface area contributed by atoms with Crippen LogP contribution in [0.5, 0.6) is 5.88 Å². The van der Waals surface area contributed by atoms with Crippen LogP contribution in [0.1, 0.15) is 36.0 Å². The van der Waals surface area contributed by atoms with Gasteiger partial charge in [0.15, 0.2) is 0 Å². The van der Waals surface area contributed by atoms with Gasteiger partial charge in [-0.3, -0.25) is 9.89 Å². The molecule has 5 rings (SSSR count). The summed E-state index contributed by atoms with van der Waals surface area (Å²) in [5.41, 5.74) is 1.98. The van der Waals surface area contributed by atoms with Crippen molar-refractivity contribution in [1.82, 2.24) is 25.8 Å². The standard InChI is InChI=1S/C30H29F4N5O2/c31-28-23-16-21(6-8-25(23)38-39-28)27(24(17-30(32,33)34)19-4-2-1-3-5-19)22-7-9-26(37-18-22)41-15-14-35-12-10-20-11-13-36-29(20)40/h1-9,16,18,20,35H,10-15,17H2,(H,36,40)(H,38,39)/b27-24-. The summed E-state index contributed by atoms with van der Waals surface area (Å²) in [5, 5.41) is 12.4. The quantitative estimate of drug-likeness (QED) is 0.126. The maximum atomic E-state index is 14.3. The number of pyridine rings is 1. The second-order valence-corrected chi connectivity index (χ2v) is 9.84. The zero-order valence-electron chi connectivity index (χ0n) is 22.1. The topological polar surface area (TPSA) is 91.9 Å². The van der Waals surface area contributed by atoms with Gasteiger partial charge in [-0.2, -0.15) is 17.6 Å². The Bertz CT molecular complexity index is 1520. The fourth-order valence-electron chi connectivity index (χ4n) is 4.99. The van der Waals surface area contributed by atoms with Gasteiger partial charge in [0.05, 0.1) is 17.3 Å². The van der Waals surface area contributed by atoms with Crippen LogP contribution in [0.3, 0.4) is 0 Å². The van der Waals surface area contributed by atoms with E-state index in [1.165, 1.54) is 12.3 Å². The van der Waals surface area contributed by atoms with Crippen LogP contribution >= 0.6 is 0 Å². The molecule has 0 aliphatic carbocycles. The summed E-state index contributed by atoms with van der Waals surface area (Å²) in [5.74, 6) is -0.274. The molecule has 1 atom stereocenters. The number of alkyl halides is 3. The molecule has 2 aromatic carbocycles. The molecule has 214 valence electrons. The van der Waals surface area contributed by atoms with Gasteiger partial charge in [0.1, 0.15) is 6.61 Å². The summed E-state index contributed by atoms with van der Waals surface area (Å²) in [6.45, 7) is 2.28. The Labute approximate surface area is 234 Å². The second-order valence-electron chi connectivity index (χ2n) is 9.84. The molecule has 3 N–H and O–H groups in total. The average Bonchev–Trinajstić information content (AvgIpc) is 3.55. The first kappa shape index (κ1) is 28.3. The van der Waals surface area contributed by atoms with E-state index >= 15 is 0 Å². The number of fused-ring (bicyclic) bond motifs is 1. The Morgan fingerprint density at radius 1 is 1.02 bits per heavy atom. The smallest absolute Gasteiger partial charge is 0.393 e. The molecule has 4 aromatic rings. The number of allylic oxidation sites excluding steroid dienone is 1. The highest BCUT2D eigenvalue weighted by atomic mass is 19.4. The molecule has 1 saturated heterocycles. The van der Waals surface area contributed by atoms with Crippen molar-refractivity contribution < 1.29 is 27.1 Å². The number of H-pyrrole nitrogens is 1. The van der Waals surface area contributed by atoms with Crippen molar-refractivity contribution in [1.29, 1.82) is 0 Å². The Balaban J connectivity index is 1.39. The number of carbonyl (C=O) groups is 1.